The van der Waals surface area contributed by atoms with Crippen molar-refractivity contribution >= 4 is 5.97 Å². The topological polar surface area (TPSA) is 56.8 Å². The van der Waals surface area contributed by atoms with E-state index in [2.05, 4.69) is 5.32 Å². The third-order valence-electron chi connectivity index (χ3n) is 3.31. The Labute approximate surface area is 125 Å². The summed E-state index contributed by atoms with van der Waals surface area (Å²) < 4.78 is 15.5. The van der Waals surface area contributed by atoms with Crippen molar-refractivity contribution in [2.24, 2.45) is 0 Å². The van der Waals surface area contributed by atoms with Crippen LogP contribution in [-0.4, -0.2) is 25.9 Å². The Balaban J connectivity index is 1.53. The molecule has 0 fully saturated rings. The molecule has 21 heavy (non-hydrogen) atoms. The molecule has 0 unspecified atom stereocenters. The molecule has 0 saturated heterocycles. The van der Waals surface area contributed by atoms with Crippen LogP contribution in [-0.2, 0) is 16.1 Å². The van der Waals surface area contributed by atoms with Gasteiger partial charge < -0.3 is 19.5 Å². The van der Waals surface area contributed by atoms with Crippen molar-refractivity contribution in [2.75, 3.05) is 19.9 Å². The molecule has 1 aromatic rings. The highest BCUT2D eigenvalue weighted by molar-refractivity contribution is 5.69. The molecule has 0 radical (unpaired) electrons. The number of ether oxygens (including phenoxy) is 3. The molecule has 0 spiro atoms. The molecule has 1 heterocycles. The number of hydrogen-bond acceptors (Lipinski definition) is 5. The number of fused-ring (bicyclic) bond motifs is 1. The third kappa shape index (κ3) is 5.27. The van der Waals surface area contributed by atoms with Crippen molar-refractivity contribution in [1.82, 2.24) is 5.32 Å². The molecule has 1 N–H and O–H groups in total. The molecule has 1 aliphatic rings. The fourth-order valence-corrected chi connectivity index (χ4v) is 2.21. The molecule has 0 bridgehead atoms. The molecule has 0 saturated carbocycles. The van der Waals surface area contributed by atoms with Crippen molar-refractivity contribution in [3.05, 3.63) is 23.8 Å². The molecule has 1 aromatic carbocycles. The molecule has 2 rings (SSSR count). The summed E-state index contributed by atoms with van der Waals surface area (Å²) in [5.74, 6) is 1.55. The van der Waals surface area contributed by atoms with E-state index in [0.717, 1.165) is 43.9 Å². The van der Waals surface area contributed by atoms with Crippen molar-refractivity contribution in [1.29, 1.82) is 0 Å². The third-order valence-corrected chi connectivity index (χ3v) is 3.31. The van der Waals surface area contributed by atoms with Gasteiger partial charge in [-0.15, -0.1) is 0 Å². The summed E-state index contributed by atoms with van der Waals surface area (Å²) in [6.45, 7) is 4.37. The smallest absolute Gasteiger partial charge is 0.305 e. The second kappa shape index (κ2) is 8.52. The van der Waals surface area contributed by atoms with Crippen LogP contribution in [0.3, 0.4) is 0 Å². The lowest BCUT2D eigenvalue weighted by atomic mass is 10.2. The van der Waals surface area contributed by atoms with Crippen LogP contribution in [0.15, 0.2) is 18.2 Å². The van der Waals surface area contributed by atoms with Crippen LogP contribution >= 0.6 is 0 Å². The average molecular weight is 293 g/mol. The fourth-order valence-electron chi connectivity index (χ4n) is 2.21. The zero-order valence-electron chi connectivity index (χ0n) is 12.5. The number of unbranched alkanes of at least 4 members (excludes halogenated alkanes) is 2. The second-order valence-electron chi connectivity index (χ2n) is 4.98. The lowest BCUT2D eigenvalue weighted by Crippen LogP contribution is -2.14. The molecule has 0 aromatic heterocycles. The van der Waals surface area contributed by atoms with E-state index in [-0.39, 0.29) is 5.97 Å². The summed E-state index contributed by atoms with van der Waals surface area (Å²) in [4.78, 5) is 11.1. The van der Waals surface area contributed by atoms with Gasteiger partial charge in [-0.05, 0) is 44.0 Å². The molecule has 0 amide bonds. The second-order valence-corrected chi connectivity index (χ2v) is 4.98. The van der Waals surface area contributed by atoms with Crippen LogP contribution in [0.25, 0.3) is 0 Å². The van der Waals surface area contributed by atoms with Crippen LogP contribution in [0.4, 0.5) is 0 Å². The summed E-state index contributed by atoms with van der Waals surface area (Å²) in [6.07, 6.45) is 3.51. The predicted molar refractivity (Wildman–Crippen MR) is 79.4 cm³/mol. The van der Waals surface area contributed by atoms with E-state index in [4.69, 9.17) is 14.2 Å². The van der Waals surface area contributed by atoms with Gasteiger partial charge in [0.25, 0.3) is 0 Å². The van der Waals surface area contributed by atoms with Gasteiger partial charge >= 0.3 is 5.97 Å². The van der Waals surface area contributed by atoms with Crippen molar-refractivity contribution in [3.63, 3.8) is 0 Å². The van der Waals surface area contributed by atoms with Gasteiger partial charge in [0.15, 0.2) is 11.5 Å². The SMILES string of the molecule is CCOC(=O)CCCCCNCc1ccc2c(c1)OCO2. The zero-order valence-corrected chi connectivity index (χ0v) is 12.5. The molecule has 1 aliphatic heterocycles. The molecule has 5 heteroatoms. The van der Waals surface area contributed by atoms with Crippen LogP contribution in [0.2, 0.25) is 0 Å². The standard InChI is InChI=1S/C16H23NO4/c1-2-19-16(18)6-4-3-5-9-17-11-13-7-8-14-15(10-13)21-12-20-14/h7-8,10,17H,2-6,9,11-12H2,1H3. The number of esters is 1. The molecular weight excluding hydrogens is 270 g/mol. The van der Waals surface area contributed by atoms with Gasteiger partial charge in [0.2, 0.25) is 6.79 Å². The van der Waals surface area contributed by atoms with Gasteiger partial charge in [0, 0.05) is 13.0 Å². The van der Waals surface area contributed by atoms with E-state index in [9.17, 15) is 4.79 Å². The summed E-state index contributed by atoms with van der Waals surface area (Å²) in [6, 6.07) is 6.00. The number of carbonyl (C=O) groups excluding carboxylic acids is 1. The normalized spacial score (nSPS) is 12.4. The highest BCUT2D eigenvalue weighted by Gasteiger charge is 2.12. The molecule has 5 nitrogen and oxygen atoms in total. The first-order valence-corrected chi connectivity index (χ1v) is 7.54. The minimum absolute atomic E-state index is 0.0918. The van der Waals surface area contributed by atoms with Gasteiger partial charge in [-0.25, -0.2) is 0 Å². The van der Waals surface area contributed by atoms with E-state index in [1.54, 1.807) is 0 Å². The van der Waals surface area contributed by atoms with Gasteiger partial charge in [0.1, 0.15) is 0 Å². The Bertz CT molecular complexity index is 462. The maximum absolute atomic E-state index is 11.1. The zero-order chi connectivity index (χ0) is 14.9. The fraction of sp³-hybridized carbons (Fsp3) is 0.562. The number of nitrogens with one attached hydrogen (secondary N) is 1. The van der Waals surface area contributed by atoms with E-state index < -0.39 is 0 Å². The summed E-state index contributed by atoms with van der Waals surface area (Å²) in [7, 11) is 0. The Morgan fingerprint density at radius 3 is 2.95 bits per heavy atom. The Morgan fingerprint density at radius 2 is 2.10 bits per heavy atom. The monoisotopic (exact) mass is 293 g/mol. The summed E-state index contributed by atoms with van der Waals surface area (Å²) in [5.41, 5.74) is 1.19. The first kappa shape index (κ1) is 15.6. The summed E-state index contributed by atoms with van der Waals surface area (Å²) >= 11 is 0. The largest absolute Gasteiger partial charge is 0.466 e. The van der Waals surface area contributed by atoms with Crippen molar-refractivity contribution in [3.8, 4) is 11.5 Å². The lowest BCUT2D eigenvalue weighted by Gasteiger charge is -2.06. The van der Waals surface area contributed by atoms with Crippen LogP contribution < -0.4 is 14.8 Å². The van der Waals surface area contributed by atoms with E-state index in [1.165, 1.54) is 5.56 Å². The maximum Gasteiger partial charge on any atom is 0.305 e. The number of benzene rings is 1. The first-order valence-electron chi connectivity index (χ1n) is 7.54. The highest BCUT2D eigenvalue weighted by Crippen LogP contribution is 2.32. The molecular formula is C16H23NO4. The Kier molecular flexibility index (Phi) is 6.34. The van der Waals surface area contributed by atoms with E-state index in [0.29, 0.717) is 19.8 Å². The van der Waals surface area contributed by atoms with Gasteiger partial charge in [0.05, 0.1) is 6.61 Å². The molecule has 0 aliphatic carbocycles. The summed E-state index contributed by atoms with van der Waals surface area (Å²) in [5, 5.41) is 3.39. The minimum atomic E-state index is -0.0918. The Hall–Kier alpha value is -1.75. The molecule has 116 valence electrons. The molecule has 0 atom stereocenters. The van der Waals surface area contributed by atoms with Gasteiger partial charge in [-0.2, -0.15) is 0 Å². The highest BCUT2D eigenvalue weighted by atomic mass is 16.7. The van der Waals surface area contributed by atoms with E-state index in [1.807, 2.05) is 25.1 Å². The number of rotatable bonds is 9. The van der Waals surface area contributed by atoms with Crippen LogP contribution in [0.1, 0.15) is 38.2 Å². The van der Waals surface area contributed by atoms with Crippen molar-refractivity contribution < 1.29 is 19.0 Å². The number of hydrogen-bond donors (Lipinski definition) is 1. The maximum atomic E-state index is 11.1. The quantitative estimate of drug-likeness (QED) is 0.560. The predicted octanol–water partition coefficient (Wildman–Crippen LogP) is 2.63. The average Bonchev–Trinajstić information content (AvgIpc) is 2.94. The Morgan fingerprint density at radius 1 is 1.24 bits per heavy atom. The van der Waals surface area contributed by atoms with Gasteiger partial charge in [-0.3, -0.25) is 4.79 Å². The minimum Gasteiger partial charge on any atom is -0.466 e. The lowest BCUT2D eigenvalue weighted by molar-refractivity contribution is -0.143. The first-order chi connectivity index (χ1) is 10.3. The van der Waals surface area contributed by atoms with E-state index >= 15 is 0 Å². The van der Waals surface area contributed by atoms with Crippen molar-refractivity contribution in [2.45, 2.75) is 39.2 Å². The van der Waals surface area contributed by atoms with Crippen LogP contribution in [0.5, 0.6) is 11.5 Å². The number of carbonyl (C=O) groups is 1. The van der Waals surface area contributed by atoms with Crippen LogP contribution in [0, 0.1) is 0 Å². The van der Waals surface area contributed by atoms with Gasteiger partial charge in [-0.1, -0.05) is 12.5 Å².